The maximum Gasteiger partial charge on any atom is 0.305 e. The molecule has 0 saturated heterocycles. The molecule has 0 atom stereocenters. The Balaban J connectivity index is 2.37. The average Bonchev–Trinajstić information content (AvgIpc) is 2.33. The average molecular weight is 284 g/mol. The minimum atomic E-state index is -0.240. The lowest BCUT2D eigenvalue weighted by molar-refractivity contribution is -0.143. The van der Waals surface area contributed by atoms with Gasteiger partial charge in [-0.05, 0) is 44.0 Å². The van der Waals surface area contributed by atoms with E-state index in [9.17, 15) is 9.59 Å². The minimum absolute atomic E-state index is 0.186. The van der Waals surface area contributed by atoms with E-state index < -0.39 is 0 Å². The summed E-state index contributed by atoms with van der Waals surface area (Å²) in [4.78, 5) is 22.9. The zero-order valence-electron chi connectivity index (χ0n) is 11.2. The number of nitrogens with one attached hydrogen (secondary N) is 1. The third-order valence-electron chi connectivity index (χ3n) is 2.45. The molecule has 0 fully saturated rings. The fourth-order valence-electron chi connectivity index (χ4n) is 1.64. The van der Waals surface area contributed by atoms with E-state index >= 15 is 0 Å². The summed E-state index contributed by atoms with van der Waals surface area (Å²) in [7, 11) is 0. The summed E-state index contributed by atoms with van der Waals surface area (Å²) in [6.45, 7) is 4.46. The molecule has 0 aliphatic heterocycles. The van der Waals surface area contributed by atoms with Crippen LogP contribution in [0.4, 0.5) is 0 Å². The van der Waals surface area contributed by atoms with Gasteiger partial charge in [0, 0.05) is 23.6 Å². The van der Waals surface area contributed by atoms with Crippen molar-refractivity contribution in [1.82, 2.24) is 5.32 Å². The van der Waals surface area contributed by atoms with E-state index in [4.69, 9.17) is 16.3 Å². The SMILES string of the molecule is CCOC(=O)CCCNC(=O)c1cc(C)cc(Cl)c1. The number of carbonyl (C=O) groups excluding carboxylic acids is 2. The summed E-state index contributed by atoms with van der Waals surface area (Å²) >= 11 is 5.89. The minimum Gasteiger partial charge on any atom is -0.466 e. The maximum absolute atomic E-state index is 11.8. The van der Waals surface area contributed by atoms with Gasteiger partial charge in [-0.2, -0.15) is 0 Å². The number of hydrogen-bond donors (Lipinski definition) is 1. The second-order valence-corrected chi connectivity index (χ2v) is 4.62. The molecule has 0 aliphatic carbocycles. The van der Waals surface area contributed by atoms with Gasteiger partial charge < -0.3 is 10.1 Å². The van der Waals surface area contributed by atoms with Crippen LogP contribution in [-0.4, -0.2) is 25.0 Å². The highest BCUT2D eigenvalue weighted by atomic mass is 35.5. The van der Waals surface area contributed by atoms with Crippen LogP contribution in [0.1, 0.15) is 35.7 Å². The molecule has 0 spiro atoms. The number of carbonyl (C=O) groups is 2. The quantitative estimate of drug-likeness (QED) is 0.645. The first kappa shape index (κ1) is 15.5. The van der Waals surface area contributed by atoms with Crippen LogP contribution < -0.4 is 5.32 Å². The molecule has 0 radical (unpaired) electrons. The Hall–Kier alpha value is -1.55. The third kappa shape index (κ3) is 5.75. The van der Waals surface area contributed by atoms with Gasteiger partial charge in [0.05, 0.1) is 6.61 Å². The molecule has 0 heterocycles. The van der Waals surface area contributed by atoms with Crippen molar-refractivity contribution in [3.8, 4) is 0 Å². The van der Waals surface area contributed by atoms with Crippen LogP contribution in [0.5, 0.6) is 0 Å². The lowest BCUT2D eigenvalue weighted by Crippen LogP contribution is -2.25. The van der Waals surface area contributed by atoms with Crippen molar-refractivity contribution >= 4 is 23.5 Å². The molecule has 1 aromatic carbocycles. The van der Waals surface area contributed by atoms with Crippen molar-refractivity contribution in [2.75, 3.05) is 13.2 Å². The van der Waals surface area contributed by atoms with Gasteiger partial charge in [-0.3, -0.25) is 9.59 Å². The molecule has 0 unspecified atom stereocenters. The number of amides is 1. The number of rotatable bonds is 6. The Kier molecular flexibility index (Phi) is 6.36. The molecular weight excluding hydrogens is 266 g/mol. The molecule has 0 bridgehead atoms. The van der Waals surface area contributed by atoms with Gasteiger partial charge in [-0.25, -0.2) is 0 Å². The predicted octanol–water partition coefficient (Wildman–Crippen LogP) is 2.72. The molecule has 0 aliphatic rings. The fourth-order valence-corrected chi connectivity index (χ4v) is 1.93. The Morgan fingerprint density at radius 1 is 1.32 bits per heavy atom. The van der Waals surface area contributed by atoms with Crippen LogP contribution in [0, 0.1) is 6.92 Å². The van der Waals surface area contributed by atoms with Crippen molar-refractivity contribution in [3.05, 3.63) is 34.3 Å². The standard InChI is InChI=1S/C14H18ClNO3/c1-3-19-13(17)5-4-6-16-14(18)11-7-10(2)8-12(15)9-11/h7-9H,3-6H2,1-2H3,(H,16,18). The van der Waals surface area contributed by atoms with E-state index in [0.717, 1.165) is 5.56 Å². The van der Waals surface area contributed by atoms with Gasteiger partial charge in [0.2, 0.25) is 0 Å². The molecular formula is C14H18ClNO3. The summed E-state index contributed by atoms with van der Waals surface area (Å²) in [5, 5.41) is 3.28. The van der Waals surface area contributed by atoms with Crippen LogP contribution >= 0.6 is 11.6 Å². The lowest BCUT2D eigenvalue weighted by atomic mass is 10.1. The Bertz CT molecular complexity index is 440. The van der Waals surface area contributed by atoms with Gasteiger partial charge in [-0.15, -0.1) is 0 Å². The maximum atomic E-state index is 11.8. The van der Waals surface area contributed by atoms with Gasteiger partial charge >= 0.3 is 5.97 Å². The zero-order valence-corrected chi connectivity index (χ0v) is 11.9. The molecule has 1 amide bonds. The van der Waals surface area contributed by atoms with Crippen LogP contribution in [0.15, 0.2) is 18.2 Å². The van der Waals surface area contributed by atoms with Crippen molar-refractivity contribution in [2.24, 2.45) is 0 Å². The summed E-state index contributed by atoms with van der Waals surface area (Å²) in [6, 6.07) is 5.18. The van der Waals surface area contributed by atoms with E-state index in [-0.39, 0.29) is 11.9 Å². The second kappa shape index (κ2) is 7.79. The van der Waals surface area contributed by atoms with E-state index in [1.807, 2.05) is 6.92 Å². The molecule has 5 heteroatoms. The zero-order chi connectivity index (χ0) is 14.3. The highest BCUT2D eigenvalue weighted by molar-refractivity contribution is 6.31. The lowest BCUT2D eigenvalue weighted by Gasteiger charge is -2.06. The molecule has 0 aromatic heterocycles. The Morgan fingerprint density at radius 2 is 2.05 bits per heavy atom. The normalized spacial score (nSPS) is 10.1. The molecule has 1 N–H and O–H groups in total. The molecule has 19 heavy (non-hydrogen) atoms. The highest BCUT2D eigenvalue weighted by Gasteiger charge is 2.07. The molecule has 0 saturated carbocycles. The van der Waals surface area contributed by atoms with Crippen molar-refractivity contribution in [1.29, 1.82) is 0 Å². The van der Waals surface area contributed by atoms with Crippen molar-refractivity contribution in [2.45, 2.75) is 26.7 Å². The van der Waals surface area contributed by atoms with Crippen LogP contribution in [0.3, 0.4) is 0 Å². The number of aryl methyl sites for hydroxylation is 1. The van der Waals surface area contributed by atoms with Crippen molar-refractivity contribution in [3.63, 3.8) is 0 Å². The second-order valence-electron chi connectivity index (χ2n) is 4.18. The summed E-state index contributed by atoms with van der Waals surface area (Å²) in [5.74, 6) is -0.426. The summed E-state index contributed by atoms with van der Waals surface area (Å²) in [5.41, 5.74) is 1.46. The van der Waals surface area contributed by atoms with Crippen molar-refractivity contribution < 1.29 is 14.3 Å². The Morgan fingerprint density at radius 3 is 2.68 bits per heavy atom. The first-order valence-corrected chi connectivity index (χ1v) is 6.61. The smallest absolute Gasteiger partial charge is 0.305 e. The predicted molar refractivity (Wildman–Crippen MR) is 74.4 cm³/mol. The summed E-state index contributed by atoms with van der Waals surface area (Å²) < 4.78 is 4.80. The van der Waals surface area contributed by atoms with E-state index in [1.165, 1.54) is 0 Å². The van der Waals surface area contributed by atoms with Crippen LogP contribution in [0.25, 0.3) is 0 Å². The number of ether oxygens (including phenoxy) is 1. The Labute approximate surface area is 118 Å². The molecule has 1 aromatic rings. The largest absolute Gasteiger partial charge is 0.466 e. The highest BCUT2D eigenvalue weighted by Crippen LogP contribution is 2.14. The number of halogens is 1. The third-order valence-corrected chi connectivity index (χ3v) is 2.67. The van der Waals surface area contributed by atoms with Gasteiger partial charge in [0.15, 0.2) is 0 Å². The monoisotopic (exact) mass is 283 g/mol. The number of hydrogen-bond acceptors (Lipinski definition) is 3. The first-order chi connectivity index (χ1) is 9.02. The van der Waals surface area contributed by atoms with Gasteiger partial charge in [-0.1, -0.05) is 11.6 Å². The van der Waals surface area contributed by atoms with E-state index in [2.05, 4.69) is 5.32 Å². The molecule has 104 valence electrons. The number of esters is 1. The summed E-state index contributed by atoms with van der Waals surface area (Å²) in [6.07, 6.45) is 0.868. The fraction of sp³-hybridized carbons (Fsp3) is 0.429. The van der Waals surface area contributed by atoms with Gasteiger partial charge in [0.25, 0.3) is 5.91 Å². The first-order valence-electron chi connectivity index (χ1n) is 6.24. The van der Waals surface area contributed by atoms with Crippen LogP contribution in [-0.2, 0) is 9.53 Å². The van der Waals surface area contributed by atoms with E-state index in [1.54, 1.807) is 25.1 Å². The van der Waals surface area contributed by atoms with Gasteiger partial charge in [0.1, 0.15) is 0 Å². The van der Waals surface area contributed by atoms with Crippen LogP contribution in [0.2, 0.25) is 5.02 Å². The topological polar surface area (TPSA) is 55.4 Å². The molecule has 4 nitrogen and oxygen atoms in total. The molecule has 1 rings (SSSR count). The van der Waals surface area contributed by atoms with E-state index in [0.29, 0.717) is 36.6 Å². The number of benzene rings is 1.